The predicted octanol–water partition coefficient (Wildman–Crippen LogP) is 2.37. The Labute approximate surface area is 213 Å². The minimum Gasteiger partial charge on any atom is -0.463 e. The van der Waals surface area contributed by atoms with Crippen LogP contribution >= 0.6 is 8.53 Å². The molecular formula is C22H36N7O6P. The average Bonchev–Trinajstić information content (AvgIpc) is 3.18. The topological polar surface area (TPSA) is 144 Å². The number of rotatable bonds is 13. The van der Waals surface area contributed by atoms with Crippen LogP contribution in [0.25, 0.3) is 0 Å². The van der Waals surface area contributed by atoms with Gasteiger partial charge < -0.3 is 23.4 Å². The Morgan fingerprint density at radius 3 is 2.64 bits per heavy atom. The summed E-state index contributed by atoms with van der Waals surface area (Å²) in [5, 5.41) is 8.95. The van der Waals surface area contributed by atoms with Crippen LogP contribution in [0.15, 0.2) is 16.1 Å². The van der Waals surface area contributed by atoms with Crippen LogP contribution in [0.5, 0.6) is 0 Å². The Morgan fingerprint density at radius 1 is 1.39 bits per heavy atom. The molecule has 0 aliphatic carbocycles. The molecular weight excluding hydrogens is 489 g/mol. The lowest BCUT2D eigenvalue weighted by Gasteiger charge is -2.37. The summed E-state index contributed by atoms with van der Waals surface area (Å²) in [6, 6.07) is 2.29. The molecule has 1 fully saturated rings. The molecule has 0 spiro atoms. The summed E-state index contributed by atoms with van der Waals surface area (Å²) in [6.45, 7) is 9.61. The number of carbonyl (C=O) groups excluding carboxylic acids is 1. The minimum atomic E-state index is -1.57. The molecule has 0 N–H and O–H groups in total. The molecule has 14 heteroatoms. The summed E-state index contributed by atoms with van der Waals surface area (Å²) in [5.74, 6) is -0.422. The van der Waals surface area contributed by atoms with E-state index in [-0.39, 0.29) is 44.1 Å². The highest BCUT2D eigenvalue weighted by atomic mass is 31.2. The minimum absolute atomic E-state index is 0.0335. The second-order valence-electron chi connectivity index (χ2n) is 8.91. The first-order valence-electron chi connectivity index (χ1n) is 11.7. The van der Waals surface area contributed by atoms with Crippen LogP contribution in [0.2, 0.25) is 0 Å². The molecule has 1 aliphatic rings. The van der Waals surface area contributed by atoms with Crippen molar-refractivity contribution in [2.24, 2.45) is 4.99 Å². The number of carbonyl (C=O) groups is 1. The fraction of sp³-hybridized carbons (Fsp3) is 0.727. The van der Waals surface area contributed by atoms with Gasteiger partial charge in [0.1, 0.15) is 25.3 Å². The maximum absolute atomic E-state index is 12.7. The van der Waals surface area contributed by atoms with Crippen molar-refractivity contribution in [1.29, 1.82) is 5.26 Å². The molecule has 13 nitrogen and oxygen atoms in total. The van der Waals surface area contributed by atoms with Gasteiger partial charge in [-0.05, 0) is 27.7 Å². The van der Waals surface area contributed by atoms with Gasteiger partial charge in [0.05, 0.1) is 31.5 Å². The SMILES string of the molecule is CC(=O)OC[C@H]1O[C@@H](n2cnc(/N=C\N(C)C)nc2=O)CC1OP(OCCC#N)N(C(C)C)C(C)C. The molecule has 2 rings (SSSR count). The lowest BCUT2D eigenvalue weighted by Crippen LogP contribution is -2.36. The van der Waals surface area contributed by atoms with Gasteiger partial charge in [-0.1, -0.05) is 0 Å². The number of nitrogens with zero attached hydrogens (tertiary/aromatic N) is 7. The normalized spacial score (nSPS) is 20.9. The molecule has 0 amide bonds. The predicted molar refractivity (Wildman–Crippen MR) is 133 cm³/mol. The fourth-order valence-corrected chi connectivity index (χ4v) is 5.26. The molecule has 1 aliphatic heterocycles. The van der Waals surface area contributed by atoms with Crippen LogP contribution in [0.4, 0.5) is 5.95 Å². The molecule has 0 radical (unpaired) electrons. The third-order valence-corrected chi connectivity index (χ3v) is 7.10. The van der Waals surface area contributed by atoms with Gasteiger partial charge in [-0.3, -0.25) is 9.36 Å². The van der Waals surface area contributed by atoms with Crippen molar-refractivity contribution in [2.75, 3.05) is 27.3 Å². The molecule has 0 aromatic carbocycles. The number of aromatic nitrogens is 3. The van der Waals surface area contributed by atoms with Crippen LogP contribution in [-0.2, 0) is 23.3 Å². The van der Waals surface area contributed by atoms with Crippen LogP contribution in [0.1, 0.15) is 53.7 Å². The number of hydrogen-bond donors (Lipinski definition) is 0. The zero-order valence-electron chi connectivity index (χ0n) is 21.9. The van der Waals surface area contributed by atoms with Crippen molar-refractivity contribution >= 4 is 26.8 Å². The van der Waals surface area contributed by atoms with Crippen LogP contribution < -0.4 is 5.69 Å². The largest absolute Gasteiger partial charge is 0.463 e. The number of aliphatic imine (C=N–C) groups is 1. The number of esters is 1. The van der Waals surface area contributed by atoms with E-state index in [0.29, 0.717) is 0 Å². The van der Waals surface area contributed by atoms with Crippen LogP contribution in [0, 0.1) is 11.3 Å². The zero-order chi connectivity index (χ0) is 26.8. The summed E-state index contributed by atoms with van der Waals surface area (Å²) < 4.78 is 27.1. The van der Waals surface area contributed by atoms with Crippen molar-refractivity contribution in [2.45, 2.75) is 78.0 Å². The number of ether oxygens (including phenoxy) is 2. The number of hydrogen-bond acceptors (Lipinski definition) is 11. The summed E-state index contributed by atoms with van der Waals surface area (Å²) in [5.41, 5.74) is -0.577. The molecule has 1 aromatic rings. The van der Waals surface area contributed by atoms with Crippen molar-refractivity contribution < 1.29 is 23.3 Å². The van der Waals surface area contributed by atoms with Crippen LogP contribution in [-0.4, -0.2) is 88.0 Å². The lowest BCUT2D eigenvalue weighted by atomic mass is 10.2. The van der Waals surface area contributed by atoms with E-state index >= 15 is 0 Å². The van der Waals surface area contributed by atoms with Gasteiger partial charge >= 0.3 is 11.7 Å². The van der Waals surface area contributed by atoms with E-state index < -0.39 is 38.6 Å². The Bertz CT molecular complexity index is 972. The molecule has 1 saturated heterocycles. The van der Waals surface area contributed by atoms with E-state index in [0.717, 1.165) is 0 Å². The third-order valence-electron chi connectivity index (χ3n) is 4.95. The zero-order valence-corrected chi connectivity index (χ0v) is 22.8. The second kappa shape index (κ2) is 14.3. The van der Waals surface area contributed by atoms with Gasteiger partial charge in [0.15, 0.2) is 0 Å². The summed E-state index contributed by atoms with van der Waals surface area (Å²) in [4.78, 5) is 37.9. The first-order valence-corrected chi connectivity index (χ1v) is 12.9. The highest BCUT2D eigenvalue weighted by Crippen LogP contribution is 2.49. The van der Waals surface area contributed by atoms with Crippen molar-refractivity contribution in [3.05, 3.63) is 16.8 Å². The highest BCUT2D eigenvalue weighted by Gasteiger charge is 2.42. The van der Waals surface area contributed by atoms with Gasteiger partial charge in [0.25, 0.3) is 14.5 Å². The van der Waals surface area contributed by atoms with Crippen molar-refractivity contribution in [1.82, 2.24) is 24.1 Å². The van der Waals surface area contributed by atoms with Gasteiger partial charge in [0.2, 0.25) is 0 Å². The first kappa shape index (κ1) is 29.7. The molecule has 1 aromatic heterocycles. The Hall–Kier alpha value is -2.49. The smallest absolute Gasteiger partial charge is 0.354 e. The monoisotopic (exact) mass is 525 g/mol. The fourth-order valence-electron chi connectivity index (χ4n) is 3.50. The van der Waals surface area contributed by atoms with E-state index in [2.05, 4.69) is 25.7 Å². The Morgan fingerprint density at radius 2 is 2.08 bits per heavy atom. The number of nitriles is 1. The molecule has 2 heterocycles. The third kappa shape index (κ3) is 8.87. The van der Waals surface area contributed by atoms with Crippen molar-refractivity contribution in [3.8, 4) is 6.07 Å². The molecule has 36 heavy (non-hydrogen) atoms. The van der Waals surface area contributed by atoms with E-state index in [9.17, 15) is 9.59 Å². The summed E-state index contributed by atoms with van der Waals surface area (Å²) >= 11 is 0. The quantitative estimate of drug-likeness (QED) is 0.123. The molecule has 200 valence electrons. The summed E-state index contributed by atoms with van der Waals surface area (Å²) in [6.07, 6.45) is 1.38. The van der Waals surface area contributed by atoms with E-state index in [1.807, 2.05) is 27.7 Å². The average molecular weight is 526 g/mol. The van der Waals surface area contributed by atoms with Gasteiger partial charge in [-0.25, -0.2) is 19.4 Å². The van der Waals surface area contributed by atoms with Crippen molar-refractivity contribution in [3.63, 3.8) is 0 Å². The summed E-state index contributed by atoms with van der Waals surface area (Å²) in [7, 11) is 2.01. The maximum Gasteiger partial charge on any atom is 0.354 e. The molecule has 0 saturated carbocycles. The maximum atomic E-state index is 12.7. The molecule has 0 bridgehead atoms. The van der Waals surface area contributed by atoms with Crippen LogP contribution in [0.3, 0.4) is 0 Å². The van der Waals surface area contributed by atoms with E-state index in [4.69, 9.17) is 23.8 Å². The lowest BCUT2D eigenvalue weighted by molar-refractivity contribution is -0.147. The molecule has 4 atom stereocenters. The molecule has 2 unspecified atom stereocenters. The Balaban J connectivity index is 2.29. The first-order chi connectivity index (χ1) is 17.0. The van der Waals surface area contributed by atoms with Gasteiger partial charge in [0, 0.05) is 39.5 Å². The standard InChI is InChI=1S/C22H36N7O6P/c1-15(2)29(16(3)4)36(33-10-8-9-23)35-18-11-20(34-19(18)12-32-17(5)30)28-14-25-21(26-22(28)31)24-13-27(6)7/h13-16,18-20H,8,10-12H2,1-7H3/b24-13-/t18?,19-,20-,36?/m1/s1. The second-order valence-corrected chi connectivity index (χ2v) is 10.3. The van der Waals surface area contributed by atoms with E-state index in [1.54, 1.807) is 19.0 Å². The Kier molecular flexibility index (Phi) is 11.8. The van der Waals surface area contributed by atoms with E-state index in [1.165, 1.54) is 24.2 Å². The van der Waals surface area contributed by atoms with Gasteiger partial charge in [-0.15, -0.1) is 0 Å². The van der Waals surface area contributed by atoms with Gasteiger partial charge in [-0.2, -0.15) is 10.2 Å². The highest BCUT2D eigenvalue weighted by molar-refractivity contribution is 7.44.